The number of urea groups is 1. The predicted molar refractivity (Wildman–Crippen MR) is 60.6 cm³/mol. The highest BCUT2D eigenvalue weighted by atomic mass is 19.4. The molecule has 1 aliphatic heterocycles. The Hall–Kier alpha value is -1.47. The molecule has 1 saturated heterocycles. The second-order valence-corrected chi connectivity index (χ2v) is 4.69. The zero-order valence-electron chi connectivity index (χ0n) is 10.5. The number of nitrogens with zero attached hydrogens (tertiary/aromatic N) is 1. The minimum atomic E-state index is -4.24. The molecule has 0 aliphatic carbocycles. The van der Waals surface area contributed by atoms with Crippen molar-refractivity contribution < 1.29 is 27.9 Å². The summed E-state index contributed by atoms with van der Waals surface area (Å²) in [6.07, 6.45) is -4.84. The van der Waals surface area contributed by atoms with Gasteiger partial charge in [-0.2, -0.15) is 13.2 Å². The Labute approximate surface area is 108 Å². The molecule has 2 amide bonds. The zero-order valence-corrected chi connectivity index (χ0v) is 10.5. The van der Waals surface area contributed by atoms with Crippen molar-refractivity contribution in [2.45, 2.75) is 38.4 Å². The number of nitrogens with one attached hydrogen (secondary N) is 1. The van der Waals surface area contributed by atoms with Crippen molar-refractivity contribution in [1.29, 1.82) is 0 Å². The first-order valence-corrected chi connectivity index (χ1v) is 6.06. The van der Waals surface area contributed by atoms with Gasteiger partial charge in [0.15, 0.2) is 0 Å². The van der Waals surface area contributed by atoms with Crippen LogP contribution in [0.1, 0.15) is 26.2 Å². The Bertz CT molecular complexity index is 347. The van der Waals surface area contributed by atoms with Gasteiger partial charge in [-0.25, -0.2) is 9.59 Å². The molecule has 8 heteroatoms. The molecule has 0 radical (unpaired) electrons. The molecule has 0 bridgehead atoms. The van der Waals surface area contributed by atoms with E-state index in [0.29, 0.717) is 13.0 Å². The van der Waals surface area contributed by atoms with E-state index in [4.69, 9.17) is 5.11 Å². The maximum atomic E-state index is 11.9. The number of carbonyl (C=O) groups excluding carboxylic acids is 1. The number of carboxylic acid groups (broad SMARTS) is 1. The summed E-state index contributed by atoms with van der Waals surface area (Å²) >= 11 is 0. The highest BCUT2D eigenvalue weighted by Crippen LogP contribution is 2.24. The number of halogens is 3. The number of alkyl halides is 3. The standard InChI is InChI=1S/C11H17F3N2O3/c1-7-3-6-16(8(7)9(17)18)10(19)15-5-2-4-11(12,13)14/h7-8H,2-6H2,1H3,(H,15,19)(H,17,18). The molecule has 1 fully saturated rings. The van der Waals surface area contributed by atoms with Crippen LogP contribution in [0.2, 0.25) is 0 Å². The molecular formula is C11H17F3N2O3. The first-order valence-electron chi connectivity index (χ1n) is 6.06. The number of hydrogen-bond donors (Lipinski definition) is 2. The molecule has 5 nitrogen and oxygen atoms in total. The lowest BCUT2D eigenvalue weighted by Gasteiger charge is -2.23. The summed E-state index contributed by atoms with van der Waals surface area (Å²) in [5.74, 6) is -1.24. The van der Waals surface area contributed by atoms with Crippen LogP contribution in [0, 0.1) is 5.92 Å². The largest absolute Gasteiger partial charge is 0.480 e. The van der Waals surface area contributed by atoms with Gasteiger partial charge < -0.3 is 15.3 Å². The Balaban J connectivity index is 2.39. The third-order valence-corrected chi connectivity index (χ3v) is 3.13. The highest BCUT2D eigenvalue weighted by molar-refractivity contribution is 5.83. The van der Waals surface area contributed by atoms with E-state index in [1.165, 1.54) is 4.90 Å². The molecule has 110 valence electrons. The average Bonchev–Trinajstić information content (AvgIpc) is 2.65. The SMILES string of the molecule is CC1CCN(C(=O)NCCCC(F)(F)F)C1C(=O)O. The summed E-state index contributed by atoms with van der Waals surface area (Å²) in [6, 6.07) is -1.51. The molecule has 0 saturated carbocycles. The van der Waals surface area contributed by atoms with E-state index in [-0.39, 0.29) is 18.9 Å². The third kappa shape index (κ3) is 4.60. The smallest absolute Gasteiger partial charge is 0.389 e. The maximum Gasteiger partial charge on any atom is 0.389 e. The van der Waals surface area contributed by atoms with Crippen molar-refractivity contribution in [3.8, 4) is 0 Å². The molecule has 1 rings (SSSR count). The van der Waals surface area contributed by atoms with Crippen molar-refractivity contribution in [3.63, 3.8) is 0 Å². The molecule has 0 aromatic heterocycles. The lowest BCUT2D eigenvalue weighted by Crippen LogP contribution is -2.47. The second kappa shape index (κ2) is 6.12. The van der Waals surface area contributed by atoms with Crippen LogP contribution >= 0.6 is 0 Å². The number of likely N-dealkylation sites (tertiary alicyclic amines) is 1. The average molecular weight is 282 g/mol. The molecule has 2 atom stereocenters. The summed E-state index contributed by atoms with van der Waals surface area (Å²) in [5.41, 5.74) is 0. The lowest BCUT2D eigenvalue weighted by atomic mass is 10.0. The van der Waals surface area contributed by atoms with E-state index in [2.05, 4.69) is 5.32 Å². The Morgan fingerprint density at radius 2 is 2.05 bits per heavy atom. The zero-order chi connectivity index (χ0) is 14.6. The fraction of sp³-hybridized carbons (Fsp3) is 0.818. The van der Waals surface area contributed by atoms with Crippen LogP contribution < -0.4 is 5.32 Å². The van der Waals surface area contributed by atoms with E-state index in [9.17, 15) is 22.8 Å². The molecule has 0 aromatic rings. The van der Waals surface area contributed by atoms with Crippen LogP contribution in [0.5, 0.6) is 0 Å². The summed E-state index contributed by atoms with van der Waals surface area (Å²) in [4.78, 5) is 23.9. The summed E-state index contributed by atoms with van der Waals surface area (Å²) in [6.45, 7) is 1.93. The third-order valence-electron chi connectivity index (χ3n) is 3.13. The fourth-order valence-electron chi connectivity index (χ4n) is 2.14. The van der Waals surface area contributed by atoms with Crippen LogP contribution in [-0.2, 0) is 4.79 Å². The molecule has 19 heavy (non-hydrogen) atoms. The van der Waals surface area contributed by atoms with Gasteiger partial charge in [0.2, 0.25) is 0 Å². The van der Waals surface area contributed by atoms with Gasteiger partial charge in [0.25, 0.3) is 0 Å². The Morgan fingerprint density at radius 3 is 2.58 bits per heavy atom. The number of rotatable bonds is 4. The summed E-state index contributed by atoms with van der Waals surface area (Å²) in [5, 5.41) is 11.3. The molecule has 0 aromatic carbocycles. The van der Waals surface area contributed by atoms with Crippen molar-refractivity contribution in [2.75, 3.05) is 13.1 Å². The molecule has 2 N–H and O–H groups in total. The number of hydrogen-bond acceptors (Lipinski definition) is 2. The predicted octanol–water partition coefficient (Wildman–Crippen LogP) is 1.83. The van der Waals surface area contributed by atoms with E-state index >= 15 is 0 Å². The van der Waals surface area contributed by atoms with Crippen molar-refractivity contribution in [3.05, 3.63) is 0 Å². The van der Waals surface area contributed by atoms with E-state index in [0.717, 1.165) is 0 Å². The molecule has 2 unspecified atom stereocenters. The first kappa shape index (κ1) is 15.6. The maximum absolute atomic E-state index is 11.9. The first-order chi connectivity index (χ1) is 8.72. The van der Waals surface area contributed by atoms with Crippen LogP contribution in [0.3, 0.4) is 0 Å². The normalized spacial score (nSPS) is 23.5. The Kier molecular flexibility index (Phi) is 5.02. The fourth-order valence-corrected chi connectivity index (χ4v) is 2.14. The van der Waals surface area contributed by atoms with Crippen molar-refractivity contribution in [2.24, 2.45) is 5.92 Å². The number of aliphatic carboxylic acids is 1. The van der Waals surface area contributed by atoms with Crippen LogP contribution in [0.25, 0.3) is 0 Å². The minimum Gasteiger partial charge on any atom is -0.480 e. The lowest BCUT2D eigenvalue weighted by molar-refractivity contribution is -0.142. The van der Waals surface area contributed by atoms with Gasteiger partial charge in [0, 0.05) is 19.5 Å². The Morgan fingerprint density at radius 1 is 1.42 bits per heavy atom. The van der Waals surface area contributed by atoms with E-state index in [1.807, 2.05) is 0 Å². The van der Waals surface area contributed by atoms with Gasteiger partial charge in [-0.05, 0) is 18.8 Å². The molecule has 1 aliphatic rings. The van der Waals surface area contributed by atoms with E-state index < -0.39 is 30.6 Å². The van der Waals surface area contributed by atoms with Crippen molar-refractivity contribution in [1.82, 2.24) is 10.2 Å². The van der Waals surface area contributed by atoms with Gasteiger partial charge in [-0.1, -0.05) is 6.92 Å². The molecule has 0 spiro atoms. The highest BCUT2D eigenvalue weighted by Gasteiger charge is 2.39. The topological polar surface area (TPSA) is 69.6 Å². The minimum absolute atomic E-state index is 0.116. The van der Waals surface area contributed by atoms with E-state index in [1.54, 1.807) is 6.92 Å². The van der Waals surface area contributed by atoms with Crippen LogP contribution in [0.15, 0.2) is 0 Å². The number of carbonyl (C=O) groups is 2. The summed E-state index contributed by atoms with van der Waals surface area (Å²) < 4.78 is 35.7. The molecule has 1 heterocycles. The number of carboxylic acids is 1. The van der Waals surface area contributed by atoms with Crippen LogP contribution in [0.4, 0.5) is 18.0 Å². The van der Waals surface area contributed by atoms with Crippen molar-refractivity contribution >= 4 is 12.0 Å². The quantitative estimate of drug-likeness (QED) is 0.773. The number of amides is 2. The van der Waals surface area contributed by atoms with Crippen LogP contribution in [-0.4, -0.2) is 47.3 Å². The monoisotopic (exact) mass is 282 g/mol. The second-order valence-electron chi connectivity index (χ2n) is 4.69. The summed E-state index contributed by atoms with van der Waals surface area (Å²) in [7, 11) is 0. The van der Waals surface area contributed by atoms with Gasteiger partial charge >= 0.3 is 18.2 Å². The van der Waals surface area contributed by atoms with Gasteiger partial charge in [-0.3, -0.25) is 0 Å². The molecular weight excluding hydrogens is 265 g/mol. The van der Waals surface area contributed by atoms with Gasteiger partial charge in [-0.15, -0.1) is 0 Å². The van der Waals surface area contributed by atoms with Gasteiger partial charge in [0.05, 0.1) is 0 Å². The van der Waals surface area contributed by atoms with Gasteiger partial charge in [0.1, 0.15) is 6.04 Å².